The zero-order valence-corrected chi connectivity index (χ0v) is 24.8. The van der Waals surface area contributed by atoms with Crippen LogP contribution < -0.4 is 9.62 Å². The van der Waals surface area contributed by atoms with Crippen LogP contribution in [0.1, 0.15) is 25.8 Å². The molecule has 11 heteroatoms. The predicted octanol–water partition coefficient (Wildman–Crippen LogP) is 5.89. The minimum atomic E-state index is -4.13. The first-order valence-electron chi connectivity index (χ1n) is 11.9. The van der Waals surface area contributed by atoms with Gasteiger partial charge >= 0.3 is 0 Å². The first-order valence-corrected chi connectivity index (χ1v) is 14.9. The van der Waals surface area contributed by atoms with E-state index in [1.807, 2.05) is 0 Å². The summed E-state index contributed by atoms with van der Waals surface area (Å²) >= 11 is 16.2. The Morgan fingerprint density at radius 1 is 0.921 bits per heavy atom. The van der Waals surface area contributed by atoms with Crippen LogP contribution in [0, 0.1) is 0 Å². The van der Waals surface area contributed by atoms with Crippen molar-refractivity contribution in [1.82, 2.24) is 10.2 Å². The Hall–Kier alpha value is -2.59. The van der Waals surface area contributed by atoms with Gasteiger partial charge in [0.05, 0.1) is 10.6 Å². The lowest BCUT2D eigenvalue weighted by Crippen LogP contribution is -2.52. The summed E-state index contributed by atoms with van der Waals surface area (Å²) in [7, 11) is -4.13. The SMILES string of the molecule is CCNC(=O)C(CC)N(Cc1c(Cl)cccc1Cl)C(=O)CN(c1ccc(Br)cc1)S(=O)(=O)c1ccccc1. The summed E-state index contributed by atoms with van der Waals surface area (Å²) in [4.78, 5) is 28.3. The minimum Gasteiger partial charge on any atom is -0.355 e. The molecule has 0 radical (unpaired) electrons. The van der Waals surface area contributed by atoms with Crippen molar-refractivity contribution in [2.45, 2.75) is 37.8 Å². The minimum absolute atomic E-state index is 0.0344. The van der Waals surface area contributed by atoms with E-state index in [1.54, 1.807) is 74.5 Å². The predicted molar refractivity (Wildman–Crippen MR) is 155 cm³/mol. The average molecular weight is 641 g/mol. The van der Waals surface area contributed by atoms with E-state index in [0.717, 1.165) is 8.78 Å². The van der Waals surface area contributed by atoms with Crippen LogP contribution in [0.3, 0.4) is 0 Å². The van der Waals surface area contributed by atoms with E-state index in [1.165, 1.54) is 17.0 Å². The Kier molecular flexibility index (Phi) is 10.6. The first kappa shape index (κ1) is 30.0. The summed E-state index contributed by atoms with van der Waals surface area (Å²) in [5.74, 6) is -0.936. The number of anilines is 1. The van der Waals surface area contributed by atoms with Crippen LogP contribution in [0.25, 0.3) is 0 Å². The number of nitrogens with zero attached hydrogens (tertiary/aromatic N) is 2. The number of nitrogens with one attached hydrogen (secondary N) is 1. The van der Waals surface area contributed by atoms with Gasteiger partial charge in [-0.15, -0.1) is 0 Å². The van der Waals surface area contributed by atoms with E-state index in [2.05, 4.69) is 21.2 Å². The number of carbonyl (C=O) groups is 2. The normalized spacial score (nSPS) is 12.0. The molecular formula is C27H28BrCl2N3O4S. The maximum absolute atomic E-state index is 14.0. The van der Waals surface area contributed by atoms with Gasteiger partial charge in [-0.05, 0) is 61.9 Å². The summed E-state index contributed by atoms with van der Waals surface area (Å²) in [6.45, 7) is 3.31. The van der Waals surface area contributed by atoms with Crippen molar-refractivity contribution in [3.63, 3.8) is 0 Å². The van der Waals surface area contributed by atoms with Gasteiger partial charge in [0, 0.05) is 33.2 Å². The molecule has 3 aromatic carbocycles. The lowest BCUT2D eigenvalue weighted by atomic mass is 10.1. The molecule has 0 aliphatic carbocycles. The number of hydrogen-bond donors (Lipinski definition) is 1. The quantitative estimate of drug-likeness (QED) is 0.283. The topological polar surface area (TPSA) is 86.8 Å². The number of halogens is 3. The molecule has 3 aromatic rings. The summed E-state index contributed by atoms with van der Waals surface area (Å²) in [5.41, 5.74) is 0.764. The number of carbonyl (C=O) groups excluding carboxylic acids is 2. The Balaban J connectivity index is 2.08. The van der Waals surface area contributed by atoms with Crippen molar-refractivity contribution >= 4 is 66.7 Å². The molecule has 0 spiro atoms. The van der Waals surface area contributed by atoms with Gasteiger partial charge in [-0.25, -0.2) is 8.42 Å². The third-order valence-electron chi connectivity index (χ3n) is 5.85. The van der Waals surface area contributed by atoms with Crippen LogP contribution in [0.4, 0.5) is 5.69 Å². The van der Waals surface area contributed by atoms with Crippen LogP contribution in [0.15, 0.2) is 82.2 Å². The second-order valence-electron chi connectivity index (χ2n) is 8.34. The summed E-state index contributed by atoms with van der Waals surface area (Å²) in [6, 6.07) is 18.6. The van der Waals surface area contributed by atoms with E-state index in [0.29, 0.717) is 34.3 Å². The molecular weight excluding hydrogens is 613 g/mol. The van der Waals surface area contributed by atoms with Gasteiger partial charge < -0.3 is 10.2 Å². The number of likely N-dealkylation sites (N-methyl/N-ethyl adjacent to an activating group) is 1. The Morgan fingerprint density at radius 3 is 2.08 bits per heavy atom. The highest BCUT2D eigenvalue weighted by molar-refractivity contribution is 9.10. The molecule has 1 unspecified atom stereocenters. The lowest BCUT2D eigenvalue weighted by Gasteiger charge is -2.33. The molecule has 0 bridgehead atoms. The Labute approximate surface area is 241 Å². The third-order valence-corrected chi connectivity index (χ3v) is 8.88. The van der Waals surface area contributed by atoms with Crippen molar-refractivity contribution in [1.29, 1.82) is 0 Å². The molecule has 1 atom stereocenters. The highest BCUT2D eigenvalue weighted by atomic mass is 79.9. The summed E-state index contributed by atoms with van der Waals surface area (Å²) in [6.07, 6.45) is 0.295. The highest BCUT2D eigenvalue weighted by Crippen LogP contribution is 2.29. The molecule has 0 saturated carbocycles. The smallest absolute Gasteiger partial charge is 0.264 e. The molecule has 1 N–H and O–H groups in total. The fourth-order valence-corrected chi connectivity index (χ4v) is 6.14. The lowest BCUT2D eigenvalue weighted by molar-refractivity contribution is -0.140. The molecule has 38 heavy (non-hydrogen) atoms. The molecule has 0 aromatic heterocycles. The summed E-state index contributed by atoms with van der Waals surface area (Å²) in [5, 5.41) is 3.43. The molecule has 0 aliphatic rings. The number of rotatable bonds is 11. The van der Waals surface area contributed by atoms with Gasteiger partial charge in [0.15, 0.2) is 0 Å². The van der Waals surface area contributed by atoms with Gasteiger partial charge in [0.2, 0.25) is 11.8 Å². The van der Waals surface area contributed by atoms with E-state index in [-0.39, 0.29) is 17.3 Å². The van der Waals surface area contributed by atoms with Gasteiger partial charge in [0.25, 0.3) is 10.0 Å². The number of benzene rings is 3. The largest absolute Gasteiger partial charge is 0.355 e. The van der Waals surface area contributed by atoms with E-state index in [4.69, 9.17) is 23.2 Å². The second kappa shape index (κ2) is 13.5. The molecule has 0 heterocycles. The first-order chi connectivity index (χ1) is 18.1. The van der Waals surface area contributed by atoms with Crippen molar-refractivity contribution in [3.05, 3.63) is 92.9 Å². The second-order valence-corrected chi connectivity index (χ2v) is 11.9. The van der Waals surface area contributed by atoms with E-state index < -0.39 is 28.5 Å². The number of sulfonamides is 1. The van der Waals surface area contributed by atoms with Gasteiger partial charge in [-0.2, -0.15) is 0 Å². The van der Waals surface area contributed by atoms with Gasteiger partial charge in [0.1, 0.15) is 12.6 Å². The van der Waals surface area contributed by atoms with Crippen molar-refractivity contribution < 1.29 is 18.0 Å². The zero-order chi connectivity index (χ0) is 27.9. The molecule has 0 fully saturated rings. The van der Waals surface area contributed by atoms with Crippen LogP contribution in [0.2, 0.25) is 10.0 Å². The van der Waals surface area contributed by atoms with Crippen molar-refractivity contribution in [2.75, 3.05) is 17.4 Å². The van der Waals surface area contributed by atoms with Crippen LogP contribution in [-0.4, -0.2) is 44.3 Å². The molecule has 0 aliphatic heterocycles. The maximum atomic E-state index is 14.0. The molecule has 0 saturated heterocycles. The maximum Gasteiger partial charge on any atom is 0.264 e. The number of hydrogen-bond acceptors (Lipinski definition) is 4. The van der Waals surface area contributed by atoms with Gasteiger partial charge in [-0.1, -0.05) is 70.3 Å². The Bertz CT molecular complexity index is 1350. The molecule has 202 valence electrons. The fourth-order valence-electron chi connectivity index (χ4n) is 3.92. The standard InChI is InChI=1S/C27H28BrCl2N3O4S/c1-3-25(27(35)31-4-2)32(17-22-23(29)11-8-12-24(22)30)26(34)18-33(20-15-13-19(28)14-16-20)38(36,37)21-9-6-5-7-10-21/h5-16,25H,3-4,17-18H2,1-2H3,(H,31,35). The molecule has 2 amide bonds. The van der Waals surface area contributed by atoms with E-state index >= 15 is 0 Å². The van der Waals surface area contributed by atoms with E-state index in [9.17, 15) is 18.0 Å². The zero-order valence-electron chi connectivity index (χ0n) is 20.9. The monoisotopic (exact) mass is 639 g/mol. The Morgan fingerprint density at radius 2 is 1.53 bits per heavy atom. The van der Waals surface area contributed by atoms with Crippen LogP contribution >= 0.6 is 39.1 Å². The van der Waals surface area contributed by atoms with Crippen molar-refractivity contribution in [3.8, 4) is 0 Å². The van der Waals surface area contributed by atoms with Crippen LogP contribution in [-0.2, 0) is 26.2 Å². The average Bonchev–Trinajstić information content (AvgIpc) is 2.90. The summed E-state index contributed by atoms with van der Waals surface area (Å²) < 4.78 is 29.3. The third kappa shape index (κ3) is 7.08. The fraction of sp³-hybridized carbons (Fsp3) is 0.259. The number of amides is 2. The molecule has 3 rings (SSSR count). The van der Waals surface area contributed by atoms with Gasteiger partial charge in [-0.3, -0.25) is 13.9 Å². The van der Waals surface area contributed by atoms with Crippen molar-refractivity contribution in [2.24, 2.45) is 0 Å². The highest BCUT2D eigenvalue weighted by Gasteiger charge is 2.34. The van der Waals surface area contributed by atoms with Crippen LogP contribution in [0.5, 0.6) is 0 Å². The molecule has 7 nitrogen and oxygen atoms in total.